The van der Waals surface area contributed by atoms with E-state index in [1.54, 1.807) is 56.3 Å². The second-order valence-electron chi connectivity index (χ2n) is 11.1. The van der Waals surface area contributed by atoms with E-state index in [4.69, 9.17) is 9.47 Å². The number of nitrogens with zero attached hydrogens (tertiary/aromatic N) is 4. The molecule has 0 saturated carbocycles. The van der Waals surface area contributed by atoms with Gasteiger partial charge < -0.3 is 28.4 Å². The van der Waals surface area contributed by atoms with Crippen molar-refractivity contribution in [3.05, 3.63) is 71.3 Å². The van der Waals surface area contributed by atoms with E-state index in [0.29, 0.717) is 47.1 Å². The fourth-order valence-electron chi connectivity index (χ4n) is 5.92. The van der Waals surface area contributed by atoms with Crippen LogP contribution in [0.5, 0.6) is 0 Å². The van der Waals surface area contributed by atoms with Gasteiger partial charge in [-0.2, -0.15) is 0 Å². The fraction of sp³-hybridized carbons (Fsp3) is 0.424. The minimum atomic E-state index is -4.46. The molecule has 4 rings (SSSR count). The zero-order valence-corrected chi connectivity index (χ0v) is 32.6. The number of carbonyl (C=O) groups excluding carboxylic acids is 2. The first-order valence-electron chi connectivity index (χ1n) is 16.1. The van der Waals surface area contributed by atoms with Crippen LogP contribution in [0.3, 0.4) is 0 Å². The van der Waals surface area contributed by atoms with Gasteiger partial charge in [0, 0.05) is 66.3 Å². The number of esters is 2. The molecular weight excluding hydrogens is 700 g/mol. The van der Waals surface area contributed by atoms with E-state index >= 15 is 0 Å². The first-order valence-corrected chi connectivity index (χ1v) is 19.2. The molecule has 2 aromatic carbocycles. The number of hydrogen-bond donors (Lipinski definition) is 0. The monoisotopic (exact) mass is 740 g/mol. The summed E-state index contributed by atoms with van der Waals surface area (Å²) in [5.74, 6) is -0.776. The number of allylic oxidation sites excluding steroid dienone is 2. The molecule has 0 unspecified atom stereocenters. The van der Waals surface area contributed by atoms with E-state index in [2.05, 4.69) is 0 Å². The summed E-state index contributed by atoms with van der Waals surface area (Å²) < 4.78 is 82.8. The summed E-state index contributed by atoms with van der Waals surface area (Å²) >= 11 is 0. The topological polar surface area (TPSA) is 182 Å². The summed E-state index contributed by atoms with van der Waals surface area (Å²) in [6.45, 7) is 9.10. The predicted molar refractivity (Wildman–Crippen MR) is 188 cm³/mol. The Kier molecular flexibility index (Phi) is 14.7. The minimum absolute atomic E-state index is 0. The maximum absolute atomic E-state index is 12.6. The molecule has 0 spiro atoms. The molecule has 0 fully saturated rings. The van der Waals surface area contributed by atoms with Crippen LogP contribution in [0.15, 0.2) is 54.4 Å². The third-order valence-corrected chi connectivity index (χ3v) is 9.49. The van der Waals surface area contributed by atoms with Gasteiger partial charge in [-0.1, -0.05) is 6.08 Å². The van der Waals surface area contributed by atoms with Crippen LogP contribution in [0, 0.1) is 0 Å². The van der Waals surface area contributed by atoms with Crippen LogP contribution < -0.4 is 14.4 Å². The van der Waals surface area contributed by atoms with Crippen LogP contribution in [0.25, 0.3) is 17.1 Å². The van der Waals surface area contributed by atoms with Gasteiger partial charge in [-0.3, -0.25) is 0 Å². The summed E-state index contributed by atoms with van der Waals surface area (Å²) in [5.41, 5.74) is 3.51. The average molecular weight is 741 g/mol. The van der Waals surface area contributed by atoms with Crippen molar-refractivity contribution >= 4 is 90.2 Å². The third-order valence-electron chi connectivity index (χ3n) is 7.92. The van der Waals surface area contributed by atoms with E-state index in [9.17, 15) is 35.5 Å². The SMILES string of the molecule is CCOC(=O)c1ccc2c(c1)N(CCCS(=O)(=O)[O-])/C(=C/C=C/c1n(CCCS(=O)(=O)[O-])c3cc(C(=O)OCC)ccc3[n+]1CC)N2CC.[Na]. The van der Waals surface area contributed by atoms with Gasteiger partial charge in [0.15, 0.2) is 11.0 Å². The maximum atomic E-state index is 12.6. The van der Waals surface area contributed by atoms with Gasteiger partial charge in [0.05, 0.1) is 69.0 Å². The third kappa shape index (κ3) is 9.96. The Morgan fingerprint density at radius 1 is 0.800 bits per heavy atom. The smallest absolute Gasteiger partial charge is 0.338 e. The number of fused-ring (bicyclic) bond motifs is 2. The van der Waals surface area contributed by atoms with Gasteiger partial charge in [-0.05, 0) is 76.9 Å². The first kappa shape index (κ1) is 41.2. The van der Waals surface area contributed by atoms with Crippen LogP contribution in [-0.4, -0.2) is 110 Å². The molecule has 3 aromatic rings. The van der Waals surface area contributed by atoms with Crippen molar-refractivity contribution in [3.63, 3.8) is 0 Å². The average Bonchev–Trinajstić information content (AvgIpc) is 3.50. The molecule has 0 amide bonds. The molecule has 0 aliphatic carbocycles. The number of aryl methyl sites for hydroxylation is 2. The number of aromatic nitrogens is 2. The fourth-order valence-corrected chi connectivity index (χ4v) is 6.88. The van der Waals surface area contributed by atoms with Crippen molar-refractivity contribution in [2.24, 2.45) is 0 Å². The standard InChI is InChI=1S/C33H42N4O10S2.Na/c1-5-34-26-16-14-24(32(38)46-7-3)22-28(26)36(18-10-20-48(40,41)42)30(34)12-9-13-31-35(6-2)27-17-15-25(33(39)47-8-4)23-29(27)37(31)19-11-21-49(43,44)45;/h9,12-17,22-23H,5-8,10-11,18-21H2,1-4H3,(H-,40,41,42,43,44,45);/p-1. The number of ether oxygens (including phenoxy) is 2. The molecule has 267 valence electrons. The Morgan fingerprint density at radius 2 is 1.38 bits per heavy atom. The Labute approximate surface area is 315 Å². The Balaban J connectivity index is 0.00000676. The Hall–Kier alpha value is -3.25. The molecule has 17 heteroatoms. The molecule has 1 aromatic heterocycles. The summed E-state index contributed by atoms with van der Waals surface area (Å²) in [4.78, 5) is 29.0. The van der Waals surface area contributed by atoms with Gasteiger partial charge in [-0.15, -0.1) is 0 Å². The van der Waals surface area contributed by atoms with Crippen molar-refractivity contribution in [1.82, 2.24) is 4.57 Å². The van der Waals surface area contributed by atoms with Crippen LogP contribution >= 0.6 is 0 Å². The van der Waals surface area contributed by atoms with Crippen molar-refractivity contribution in [2.45, 2.75) is 53.6 Å². The first-order chi connectivity index (χ1) is 23.2. The van der Waals surface area contributed by atoms with E-state index < -0.39 is 43.7 Å². The van der Waals surface area contributed by atoms with E-state index in [1.807, 2.05) is 44.9 Å². The predicted octanol–water partition coefficient (Wildman–Crippen LogP) is 2.99. The van der Waals surface area contributed by atoms with Crippen LogP contribution in [0.2, 0.25) is 0 Å². The number of anilines is 2. The molecule has 14 nitrogen and oxygen atoms in total. The molecule has 1 aliphatic rings. The Morgan fingerprint density at radius 3 is 1.94 bits per heavy atom. The van der Waals surface area contributed by atoms with Crippen LogP contribution in [0.1, 0.15) is 67.1 Å². The van der Waals surface area contributed by atoms with E-state index in [1.165, 1.54) is 0 Å². The molecule has 0 atom stereocenters. The van der Waals surface area contributed by atoms with Crippen molar-refractivity contribution in [3.8, 4) is 0 Å². The van der Waals surface area contributed by atoms with Gasteiger partial charge in [0.25, 0.3) is 5.82 Å². The normalized spacial score (nSPS) is 14.0. The van der Waals surface area contributed by atoms with Crippen LogP contribution in [0.4, 0.5) is 11.4 Å². The zero-order valence-electron chi connectivity index (χ0n) is 29.0. The number of imidazole rings is 1. The summed E-state index contributed by atoms with van der Waals surface area (Å²) in [7, 11) is -8.91. The van der Waals surface area contributed by atoms with E-state index in [0.717, 1.165) is 11.2 Å². The molecule has 50 heavy (non-hydrogen) atoms. The molecule has 2 heterocycles. The van der Waals surface area contributed by atoms with Crippen molar-refractivity contribution in [1.29, 1.82) is 0 Å². The Bertz CT molecular complexity index is 1990. The summed E-state index contributed by atoms with van der Waals surface area (Å²) in [5, 5.41) is 0. The van der Waals surface area contributed by atoms with Gasteiger partial charge >= 0.3 is 11.9 Å². The number of carbonyl (C=O) groups is 2. The van der Waals surface area contributed by atoms with Crippen LogP contribution in [-0.2, 0) is 42.8 Å². The second-order valence-corrected chi connectivity index (χ2v) is 14.2. The number of benzene rings is 2. The van der Waals surface area contributed by atoms with Gasteiger partial charge in [0.1, 0.15) is 5.82 Å². The second kappa shape index (κ2) is 17.8. The molecule has 1 radical (unpaired) electrons. The summed E-state index contributed by atoms with van der Waals surface area (Å²) in [6, 6.07) is 10.3. The molecule has 0 bridgehead atoms. The molecular formula is C33H41N4NaO10S2-. The van der Waals surface area contributed by atoms with Gasteiger partial charge in [0.2, 0.25) is 0 Å². The van der Waals surface area contributed by atoms with Crippen molar-refractivity contribution in [2.75, 3.05) is 47.6 Å². The zero-order chi connectivity index (χ0) is 35.9. The van der Waals surface area contributed by atoms with Crippen molar-refractivity contribution < 1.29 is 49.6 Å². The molecule has 0 N–H and O–H groups in total. The largest absolute Gasteiger partial charge is 0.748 e. The van der Waals surface area contributed by atoms with Gasteiger partial charge in [-0.25, -0.2) is 35.6 Å². The number of rotatable bonds is 16. The van der Waals surface area contributed by atoms with E-state index in [-0.39, 0.29) is 68.7 Å². The maximum Gasteiger partial charge on any atom is 0.338 e. The minimum Gasteiger partial charge on any atom is -0.748 e. The summed E-state index contributed by atoms with van der Waals surface area (Å²) in [6.07, 6.45) is 5.54. The molecule has 1 aliphatic heterocycles. The number of hydrogen-bond acceptors (Lipinski definition) is 12. The quantitative estimate of drug-likeness (QED) is 0.0908. The molecule has 0 saturated heterocycles.